The van der Waals surface area contributed by atoms with Gasteiger partial charge in [0.05, 0.1) is 0 Å². The Bertz CT molecular complexity index is 248. The van der Waals surface area contributed by atoms with Gasteiger partial charge in [-0.25, -0.2) is 0 Å². The van der Waals surface area contributed by atoms with Crippen molar-refractivity contribution in [2.75, 3.05) is 13.1 Å². The van der Waals surface area contributed by atoms with Gasteiger partial charge in [0.15, 0.2) is 0 Å². The molecule has 0 fully saturated rings. The first-order valence-electron chi connectivity index (χ1n) is 4.61. The summed E-state index contributed by atoms with van der Waals surface area (Å²) < 4.78 is 72.4. The predicted octanol–water partition coefficient (Wildman–Crippen LogP) is 1.44. The highest BCUT2D eigenvalue weighted by Crippen LogP contribution is 2.39. The summed E-state index contributed by atoms with van der Waals surface area (Å²) in [4.78, 5) is 10.9. The van der Waals surface area contributed by atoms with E-state index in [1.165, 1.54) is 6.92 Å². The van der Waals surface area contributed by atoms with Crippen molar-refractivity contribution in [2.24, 2.45) is 17.6 Å². The van der Waals surface area contributed by atoms with E-state index in [0.29, 0.717) is 0 Å². The zero-order valence-corrected chi connectivity index (χ0v) is 8.82. The minimum atomic E-state index is -5.66. The molecule has 0 bridgehead atoms. The number of nitrogens with two attached hydrogens (primary N) is 1. The Labute approximate surface area is 93.3 Å². The number of amides is 1. The molecule has 0 aromatic carbocycles. The molecule has 0 saturated carbocycles. The number of rotatable bonds is 4. The first-order chi connectivity index (χ1) is 7.50. The van der Waals surface area contributed by atoms with Crippen LogP contribution in [0.2, 0.25) is 0 Å². The molecule has 1 amide bonds. The molecule has 0 aromatic heterocycles. The maximum absolute atomic E-state index is 12.1. The van der Waals surface area contributed by atoms with Crippen LogP contribution in [0.25, 0.3) is 0 Å². The van der Waals surface area contributed by atoms with Crippen LogP contribution in [-0.4, -0.2) is 31.3 Å². The average molecular weight is 266 g/mol. The van der Waals surface area contributed by atoms with Gasteiger partial charge in [0.1, 0.15) is 0 Å². The Morgan fingerprint density at radius 3 is 1.88 bits per heavy atom. The lowest BCUT2D eigenvalue weighted by Gasteiger charge is -2.22. The molecule has 0 radical (unpaired) electrons. The lowest BCUT2D eigenvalue weighted by molar-refractivity contribution is -0.274. The summed E-state index contributed by atoms with van der Waals surface area (Å²) in [6.45, 7) is 1.19. The second-order valence-corrected chi connectivity index (χ2v) is 3.60. The molecule has 0 aliphatic heterocycles. The molecule has 9 heteroatoms. The van der Waals surface area contributed by atoms with Crippen LogP contribution in [0.1, 0.15) is 6.92 Å². The topological polar surface area (TPSA) is 55.1 Å². The Morgan fingerprint density at radius 2 is 1.59 bits per heavy atom. The first kappa shape index (κ1) is 16.0. The van der Waals surface area contributed by atoms with E-state index in [0.717, 1.165) is 0 Å². The third-order valence-corrected chi connectivity index (χ3v) is 1.94. The first-order valence-corrected chi connectivity index (χ1v) is 4.61. The summed E-state index contributed by atoms with van der Waals surface area (Å²) in [5, 5.41) is 1.59. The molecule has 0 heterocycles. The molecule has 3 N–H and O–H groups in total. The lowest BCUT2D eigenvalue weighted by atomic mass is 10.1. The van der Waals surface area contributed by atoms with E-state index in [1.807, 2.05) is 0 Å². The van der Waals surface area contributed by atoms with Gasteiger partial charge in [-0.2, -0.15) is 26.3 Å². The van der Waals surface area contributed by atoms with Gasteiger partial charge in [0.2, 0.25) is 11.8 Å². The van der Waals surface area contributed by atoms with Crippen molar-refractivity contribution in [3.63, 3.8) is 0 Å². The second kappa shape index (κ2) is 5.56. The molecule has 1 atom stereocenters. The smallest absolute Gasteiger partial charge is 0.355 e. The highest BCUT2D eigenvalue weighted by atomic mass is 19.4. The summed E-state index contributed by atoms with van der Waals surface area (Å²) in [5.41, 5.74) is 5.11. The van der Waals surface area contributed by atoms with E-state index in [9.17, 15) is 31.1 Å². The van der Waals surface area contributed by atoms with E-state index in [2.05, 4.69) is 0 Å². The third kappa shape index (κ3) is 5.24. The zero-order chi connectivity index (χ0) is 13.9. The largest absolute Gasteiger partial charge is 0.409 e. The van der Waals surface area contributed by atoms with E-state index in [-0.39, 0.29) is 13.1 Å². The van der Waals surface area contributed by atoms with Crippen LogP contribution in [-0.2, 0) is 4.79 Å². The van der Waals surface area contributed by atoms with E-state index >= 15 is 0 Å². The van der Waals surface area contributed by atoms with Crippen LogP contribution in [0.3, 0.4) is 0 Å². The molecule has 17 heavy (non-hydrogen) atoms. The third-order valence-electron chi connectivity index (χ3n) is 1.94. The van der Waals surface area contributed by atoms with Gasteiger partial charge in [-0.15, -0.1) is 0 Å². The predicted molar refractivity (Wildman–Crippen MR) is 46.8 cm³/mol. The van der Waals surface area contributed by atoms with Gasteiger partial charge in [0.25, 0.3) is 0 Å². The second-order valence-electron chi connectivity index (χ2n) is 3.60. The Kier molecular flexibility index (Phi) is 5.24. The van der Waals surface area contributed by atoms with Gasteiger partial charge >= 0.3 is 12.4 Å². The highest BCUT2D eigenvalue weighted by Gasteiger charge is 2.60. The van der Waals surface area contributed by atoms with Gasteiger partial charge in [-0.3, -0.25) is 4.79 Å². The quantitative estimate of drug-likeness (QED) is 0.756. The van der Waals surface area contributed by atoms with Crippen molar-refractivity contribution in [1.29, 1.82) is 0 Å². The summed E-state index contributed by atoms with van der Waals surface area (Å²) in [6.07, 6.45) is -11.3. The van der Waals surface area contributed by atoms with Crippen molar-refractivity contribution in [1.82, 2.24) is 5.32 Å². The number of carbonyl (C=O) groups is 1. The fourth-order valence-corrected chi connectivity index (χ4v) is 0.943. The molecule has 0 aromatic rings. The molecule has 0 saturated heterocycles. The molecule has 102 valence electrons. The molecular weight excluding hydrogens is 254 g/mol. The highest BCUT2D eigenvalue weighted by molar-refractivity contribution is 5.80. The van der Waals surface area contributed by atoms with Gasteiger partial charge < -0.3 is 11.1 Å². The number of halogens is 6. The average Bonchev–Trinajstić information content (AvgIpc) is 2.09. The molecule has 0 aliphatic rings. The molecule has 0 aliphatic carbocycles. The van der Waals surface area contributed by atoms with E-state index in [4.69, 9.17) is 5.73 Å². The van der Waals surface area contributed by atoms with Crippen molar-refractivity contribution in [2.45, 2.75) is 19.3 Å². The standard InChI is InChI=1S/C8H12F6N2O/c1-4(2-15)3-16-6(17)5(7(9,10)11)8(12,13)14/h4-5H,2-3,15H2,1H3,(H,16,17). The lowest BCUT2D eigenvalue weighted by Crippen LogP contribution is -2.49. The van der Waals surface area contributed by atoms with Crippen molar-refractivity contribution in [3.05, 3.63) is 0 Å². The van der Waals surface area contributed by atoms with Crippen molar-refractivity contribution < 1.29 is 31.1 Å². The SMILES string of the molecule is CC(CN)CNC(=O)C(C(F)(F)F)C(F)(F)F. The molecule has 0 spiro atoms. The molecular formula is C8H12F6N2O. The normalized spacial score (nSPS) is 14.9. The zero-order valence-electron chi connectivity index (χ0n) is 8.82. The molecule has 1 unspecified atom stereocenters. The summed E-state index contributed by atoms with van der Waals surface area (Å²) in [7, 11) is 0. The number of alkyl halides is 6. The van der Waals surface area contributed by atoms with Gasteiger partial charge in [-0.1, -0.05) is 6.92 Å². The Morgan fingerprint density at radius 1 is 1.18 bits per heavy atom. The Hall–Kier alpha value is -0.990. The maximum Gasteiger partial charge on any atom is 0.409 e. The van der Waals surface area contributed by atoms with Crippen LogP contribution < -0.4 is 11.1 Å². The maximum atomic E-state index is 12.1. The van der Waals surface area contributed by atoms with Crippen LogP contribution in [0.5, 0.6) is 0 Å². The molecule has 3 nitrogen and oxygen atoms in total. The van der Waals surface area contributed by atoms with Crippen LogP contribution in [0.4, 0.5) is 26.3 Å². The summed E-state index contributed by atoms with van der Waals surface area (Å²) >= 11 is 0. The van der Waals surface area contributed by atoms with Gasteiger partial charge in [-0.05, 0) is 12.5 Å². The number of hydrogen-bond acceptors (Lipinski definition) is 2. The fourth-order valence-electron chi connectivity index (χ4n) is 0.943. The molecule has 0 rings (SSSR count). The number of nitrogens with one attached hydrogen (secondary N) is 1. The Balaban J connectivity index is 4.69. The van der Waals surface area contributed by atoms with Crippen LogP contribution in [0.15, 0.2) is 0 Å². The van der Waals surface area contributed by atoms with Crippen LogP contribution >= 0.6 is 0 Å². The van der Waals surface area contributed by atoms with Gasteiger partial charge in [0, 0.05) is 6.54 Å². The van der Waals surface area contributed by atoms with Crippen LogP contribution in [0, 0.1) is 11.8 Å². The van der Waals surface area contributed by atoms with Crippen molar-refractivity contribution in [3.8, 4) is 0 Å². The summed E-state index contributed by atoms with van der Waals surface area (Å²) in [6, 6.07) is 0. The minimum Gasteiger partial charge on any atom is -0.355 e. The number of carbonyl (C=O) groups excluding carboxylic acids is 1. The number of hydrogen-bond donors (Lipinski definition) is 2. The van der Waals surface area contributed by atoms with E-state index < -0.39 is 30.1 Å². The summed E-state index contributed by atoms with van der Waals surface area (Å²) in [5.74, 6) is -6.51. The fraction of sp³-hybridized carbons (Fsp3) is 0.875. The van der Waals surface area contributed by atoms with Crippen molar-refractivity contribution >= 4 is 5.91 Å². The monoisotopic (exact) mass is 266 g/mol. The van der Waals surface area contributed by atoms with E-state index in [1.54, 1.807) is 5.32 Å². The minimum absolute atomic E-state index is 0.0446.